The van der Waals surface area contributed by atoms with E-state index in [-0.39, 0.29) is 12.8 Å². The number of methoxy groups -OCH3 is 1. The van der Waals surface area contributed by atoms with Crippen LogP contribution in [0.2, 0.25) is 0 Å². The molecule has 148 valence electrons. The van der Waals surface area contributed by atoms with Gasteiger partial charge in [0.2, 0.25) is 5.91 Å². The van der Waals surface area contributed by atoms with E-state index in [4.69, 9.17) is 4.74 Å². The summed E-state index contributed by atoms with van der Waals surface area (Å²) in [6, 6.07) is 6.14. The molecule has 0 saturated heterocycles. The summed E-state index contributed by atoms with van der Waals surface area (Å²) in [5.41, 5.74) is -3.99. The summed E-state index contributed by atoms with van der Waals surface area (Å²) in [5, 5.41) is 2.56. The molecule has 0 aliphatic carbocycles. The van der Waals surface area contributed by atoms with Gasteiger partial charge in [0, 0.05) is 13.0 Å². The summed E-state index contributed by atoms with van der Waals surface area (Å²) in [4.78, 5) is 11.5. The number of amides is 1. The number of hydrogen-bond acceptors (Lipinski definition) is 3. The number of carbonyl (C=O) groups is 1. The second-order valence-corrected chi connectivity index (χ2v) is 5.57. The molecule has 1 aromatic carbocycles. The Labute approximate surface area is 146 Å². The van der Waals surface area contributed by atoms with E-state index in [0.29, 0.717) is 11.3 Å². The predicted octanol–water partition coefficient (Wildman–Crippen LogP) is 3.56. The molecule has 2 N–H and O–H groups in total. The normalized spacial score (nSPS) is 12.8. The fraction of sp³-hybridized carbons (Fsp3) is 0.562. The molecule has 10 heteroatoms. The quantitative estimate of drug-likeness (QED) is 0.531. The summed E-state index contributed by atoms with van der Waals surface area (Å²) >= 11 is 0. The summed E-state index contributed by atoms with van der Waals surface area (Å²) < 4.78 is 84.6. The Bertz CT molecular complexity index is 570. The van der Waals surface area contributed by atoms with Crippen molar-refractivity contribution < 1.29 is 35.9 Å². The lowest BCUT2D eigenvalue weighted by atomic mass is 10.1. The second kappa shape index (κ2) is 8.61. The minimum atomic E-state index is -5.77. The zero-order valence-corrected chi connectivity index (χ0v) is 14.2. The van der Waals surface area contributed by atoms with Crippen molar-refractivity contribution >= 4 is 5.91 Å². The SMILES string of the molecule is CCCC(=O)NC(NCCc1ccc(OC)cc1)(C(F)(F)F)C(F)(F)F. The van der Waals surface area contributed by atoms with E-state index in [0.717, 1.165) is 5.32 Å². The molecule has 1 rings (SSSR count). The number of hydrogen-bond donors (Lipinski definition) is 2. The molecule has 0 saturated carbocycles. The van der Waals surface area contributed by atoms with Crippen molar-refractivity contribution in [1.82, 2.24) is 10.6 Å². The van der Waals surface area contributed by atoms with Gasteiger partial charge in [0.1, 0.15) is 5.75 Å². The van der Waals surface area contributed by atoms with Gasteiger partial charge in [-0.15, -0.1) is 0 Å². The average molecular weight is 386 g/mol. The van der Waals surface area contributed by atoms with Crippen LogP contribution in [0.15, 0.2) is 24.3 Å². The van der Waals surface area contributed by atoms with Gasteiger partial charge in [-0.2, -0.15) is 26.3 Å². The van der Waals surface area contributed by atoms with Crippen LogP contribution >= 0.6 is 0 Å². The fourth-order valence-corrected chi connectivity index (χ4v) is 2.23. The summed E-state index contributed by atoms with van der Waals surface area (Å²) in [5.74, 6) is -0.826. The number of halogens is 6. The monoisotopic (exact) mass is 386 g/mol. The maximum atomic E-state index is 13.3. The van der Waals surface area contributed by atoms with Crippen molar-refractivity contribution in [3.8, 4) is 5.75 Å². The molecule has 0 aliphatic rings. The minimum absolute atomic E-state index is 0.110. The number of rotatable bonds is 8. The van der Waals surface area contributed by atoms with E-state index in [1.54, 1.807) is 12.1 Å². The Kier molecular flexibility index (Phi) is 7.31. The molecule has 0 aliphatic heterocycles. The van der Waals surface area contributed by atoms with Crippen LogP contribution in [0, 0.1) is 0 Å². The number of alkyl halides is 6. The number of benzene rings is 1. The maximum Gasteiger partial charge on any atom is 0.434 e. The van der Waals surface area contributed by atoms with Crippen LogP contribution in [0.4, 0.5) is 26.3 Å². The van der Waals surface area contributed by atoms with Crippen LogP contribution in [0.3, 0.4) is 0 Å². The first kappa shape index (κ1) is 22.1. The van der Waals surface area contributed by atoms with Crippen molar-refractivity contribution in [3.63, 3.8) is 0 Å². The molecular formula is C16H20F6N2O2. The van der Waals surface area contributed by atoms with Crippen molar-refractivity contribution in [3.05, 3.63) is 29.8 Å². The van der Waals surface area contributed by atoms with Crippen LogP contribution in [-0.2, 0) is 11.2 Å². The van der Waals surface area contributed by atoms with E-state index < -0.39 is 36.9 Å². The molecule has 0 heterocycles. The maximum absolute atomic E-state index is 13.3. The highest BCUT2D eigenvalue weighted by molar-refractivity contribution is 5.77. The van der Waals surface area contributed by atoms with Gasteiger partial charge in [-0.05, 0) is 30.5 Å². The standard InChI is InChI=1S/C16H20F6N2O2/c1-3-4-13(25)24-14(15(17,18)19,16(20,21)22)23-10-9-11-5-7-12(26-2)8-6-11/h5-8,23H,3-4,9-10H2,1-2H3,(H,24,25). The van der Waals surface area contributed by atoms with Crippen molar-refractivity contribution in [2.75, 3.05) is 13.7 Å². The van der Waals surface area contributed by atoms with Gasteiger partial charge in [0.05, 0.1) is 7.11 Å². The van der Waals surface area contributed by atoms with Crippen LogP contribution in [0.1, 0.15) is 25.3 Å². The first-order chi connectivity index (χ1) is 12.0. The van der Waals surface area contributed by atoms with E-state index in [1.165, 1.54) is 31.5 Å². The molecule has 0 spiro atoms. The zero-order chi connectivity index (χ0) is 20.0. The number of nitrogens with one attached hydrogen (secondary N) is 2. The molecule has 0 aromatic heterocycles. The van der Waals surface area contributed by atoms with Crippen LogP contribution in [-0.4, -0.2) is 37.6 Å². The molecule has 0 atom stereocenters. The van der Waals surface area contributed by atoms with Gasteiger partial charge in [-0.25, -0.2) is 0 Å². The average Bonchev–Trinajstić information content (AvgIpc) is 2.52. The molecule has 1 amide bonds. The lowest BCUT2D eigenvalue weighted by Gasteiger charge is -2.38. The third-order valence-electron chi connectivity index (χ3n) is 3.62. The van der Waals surface area contributed by atoms with E-state index in [9.17, 15) is 31.1 Å². The summed E-state index contributed by atoms with van der Waals surface area (Å²) in [6.45, 7) is 0.817. The Hall–Kier alpha value is -1.97. The topological polar surface area (TPSA) is 50.4 Å². The Morgan fingerprint density at radius 1 is 1.04 bits per heavy atom. The van der Waals surface area contributed by atoms with Crippen molar-refractivity contribution in [1.29, 1.82) is 0 Å². The van der Waals surface area contributed by atoms with E-state index in [1.807, 2.05) is 0 Å². The molecule has 0 fully saturated rings. The predicted molar refractivity (Wildman–Crippen MR) is 82.6 cm³/mol. The zero-order valence-electron chi connectivity index (χ0n) is 14.2. The van der Waals surface area contributed by atoms with Gasteiger partial charge >= 0.3 is 12.4 Å². The summed E-state index contributed by atoms with van der Waals surface area (Å²) in [6.07, 6.45) is -12.0. The molecule has 0 unspecified atom stereocenters. The highest BCUT2D eigenvalue weighted by Crippen LogP contribution is 2.41. The van der Waals surface area contributed by atoms with Gasteiger partial charge in [-0.1, -0.05) is 19.1 Å². The van der Waals surface area contributed by atoms with Crippen LogP contribution < -0.4 is 15.4 Å². The first-order valence-electron chi connectivity index (χ1n) is 7.79. The van der Waals surface area contributed by atoms with E-state index >= 15 is 0 Å². The van der Waals surface area contributed by atoms with Crippen molar-refractivity contribution in [2.45, 2.75) is 44.2 Å². The van der Waals surface area contributed by atoms with Gasteiger partial charge in [0.15, 0.2) is 0 Å². The minimum Gasteiger partial charge on any atom is -0.497 e. The van der Waals surface area contributed by atoms with Crippen LogP contribution in [0.5, 0.6) is 5.75 Å². The smallest absolute Gasteiger partial charge is 0.434 e. The van der Waals surface area contributed by atoms with E-state index in [2.05, 4.69) is 0 Å². The fourth-order valence-electron chi connectivity index (χ4n) is 2.23. The van der Waals surface area contributed by atoms with Gasteiger partial charge < -0.3 is 10.1 Å². The molecule has 0 radical (unpaired) electrons. The molecule has 0 bridgehead atoms. The molecule has 26 heavy (non-hydrogen) atoms. The van der Waals surface area contributed by atoms with Crippen molar-refractivity contribution in [2.24, 2.45) is 0 Å². The molecule has 4 nitrogen and oxygen atoms in total. The first-order valence-corrected chi connectivity index (χ1v) is 7.79. The summed E-state index contributed by atoms with van der Waals surface area (Å²) in [7, 11) is 1.43. The molecule has 1 aromatic rings. The highest BCUT2D eigenvalue weighted by Gasteiger charge is 2.71. The number of ether oxygens (including phenoxy) is 1. The Balaban J connectivity index is 2.98. The lowest BCUT2D eigenvalue weighted by molar-refractivity contribution is -0.315. The molecular weight excluding hydrogens is 366 g/mol. The van der Waals surface area contributed by atoms with Gasteiger partial charge in [-0.3, -0.25) is 10.1 Å². The lowest BCUT2D eigenvalue weighted by Crippen LogP contribution is -2.75. The highest BCUT2D eigenvalue weighted by atomic mass is 19.4. The third kappa shape index (κ3) is 5.26. The largest absolute Gasteiger partial charge is 0.497 e. The number of carbonyl (C=O) groups excluding carboxylic acids is 1. The Morgan fingerprint density at radius 2 is 1.58 bits per heavy atom. The van der Waals surface area contributed by atoms with Gasteiger partial charge in [0.25, 0.3) is 5.66 Å². The van der Waals surface area contributed by atoms with Crippen LogP contribution in [0.25, 0.3) is 0 Å². The Morgan fingerprint density at radius 3 is 2.00 bits per heavy atom. The second-order valence-electron chi connectivity index (χ2n) is 5.57. The third-order valence-corrected chi connectivity index (χ3v) is 3.62.